The number of phenolic OH excluding ortho intramolecular Hbond substituents is 1. The summed E-state index contributed by atoms with van der Waals surface area (Å²) in [6.07, 6.45) is 0. The van der Waals surface area contributed by atoms with Gasteiger partial charge in [0.1, 0.15) is 5.75 Å². The number of benzene rings is 1. The summed E-state index contributed by atoms with van der Waals surface area (Å²) in [6, 6.07) is 7.34. The molecule has 0 spiro atoms. The maximum absolute atomic E-state index is 9.33. The lowest BCUT2D eigenvalue weighted by Gasteiger charge is -1.91. The Balaban J connectivity index is 2.90. The van der Waals surface area contributed by atoms with Gasteiger partial charge < -0.3 is 10.1 Å². The van der Waals surface area contributed by atoms with E-state index < -0.39 is 0 Å². The Kier molecular flexibility index (Phi) is 1.39. The normalized spacial score (nSPS) is 10.6. The fraction of sp³-hybridized carbons (Fsp3) is 0. The molecule has 1 aromatic heterocycles. The number of fused-ring (bicyclic) bond motifs is 1. The molecule has 0 amide bonds. The summed E-state index contributed by atoms with van der Waals surface area (Å²) in [5.41, 5.74) is 0.777. The molecule has 0 atom stereocenters. The van der Waals surface area contributed by atoms with Gasteiger partial charge in [-0.25, -0.2) is 0 Å². The van der Waals surface area contributed by atoms with Crippen LogP contribution in [0, 0.1) is 0 Å². The van der Waals surface area contributed by atoms with E-state index in [4.69, 9.17) is 0 Å². The summed E-state index contributed by atoms with van der Waals surface area (Å²) < 4.78 is 0.883. The number of phenols is 1. The van der Waals surface area contributed by atoms with Crippen molar-refractivity contribution in [2.45, 2.75) is 0 Å². The van der Waals surface area contributed by atoms with Gasteiger partial charge in [-0.2, -0.15) is 0 Å². The monoisotopic (exact) mass is 211 g/mol. The van der Waals surface area contributed by atoms with Crippen molar-refractivity contribution >= 4 is 26.8 Å². The van der Waals surface area contributed by atoms with Gasteiger partial charge in [0.05, 0.1) is 10.1 Å². The first-order valence-electron chi connectivity index (χ1n) is 3.23. The molecular formula is C8H6BrNO. The van der Waals surface area contributed by atoms with Crippen molar-refractivity contribution in [3.63, 3.8) is 0 Å². The smallest absolute Gasteiger partial charge is 0.139 e. The van der Waals surface area contributed by atoms with Gasteiger partial charge in [-0.15, -0.1) is 0 Å². The highest BCUT2D eigenvalue weighted by Crippen LogP contribution is 2.25. The summed E-state index contributed by atoms with van der Waals surface area (Å²) in [4.78, 5) is 2.99. The average Bonchev–Trinajstić information content (AvgIpc) is 2.31. The van der Waals surface area contributed by atoms with E-state index in [0.29, 0.717) is 0 Å². The number of rotatable bonds is 0. The van der Waals surface area contributed by atoms with Gasteiger partial charge in [-0.3, -0.25) is 0 Å². The van der Waals surface area contributed by atoms with Gasteiger partial charge in [-0.05, 0) is 28.1 Å². The molecule has 11 heavy (non-hydrogen) atoms. The van der Waals surface area contributed by atoms with E-state index in [1.54, 1.807) is 6.07 Å². The van der Waals surface area contributed by atoms with Gasteiger partial charge in [0.15, 0.2) is 0 Å². The molecule has 0 aliphatic heterocycles. The lowest BCUT2D eigenvalue weighted by Crippen LogP contribution is -1.68. The molecule has 0 radical (unpaired) electrons. The molecule has 1 aromatic carbocycles. The summed E-state index contributed by atoms with van der Waals surface area (Å²) in [5.74, 6) is 0.285. The first kappa shape index (κ1) is 6.73. The minimum Gasteiger partial charge on any atom is -0.506 e. The molecule has 56 valence electrons. The Morgan fingerprint density at radius 2 is 2.18 bits per heavy atom. The highest BCUT2D eigenvalue weighted by molar-refractivity contribution is 9.10. The molecule has 0 unspecified atom stereocenters. The van der Waals surface area contributed by atoms with E-state index in [-0.39, 0.29) is 5.75 Å². The van der Waals surface area contributed by atoms with Crippen molar-refractivity contribution < 1.29 is 5.11 Å². The molecule has 0 saturated heterocycles. The van der Waals surface area contributed by atoms with Gasteiger partial charge in [0, 0.05) is 5.39 Å². The van der Waals surface area contributed by atoms with Crippen LogP contribution in [-0.4, -0.2) is 10.1 Å². The molecule has 0 saturated carbocycles. The zero-order valence-electron chi connectivity index (χ0n) is 5.63. The fourth-order valence-electron chi connectivity index (χ4n) is 1.11. The number of aromatic hydroxyl groups is 1. The third-order valence-corrected chi connectivity index (χ3v) is 2.03. The summed E-state index contributed by atoms with van der Waals surface area (Å²) in [6.45, 7) is 0. The van der Waals surface area contributed by atoms with Crippen molar-refractivity contribution in [2.75, 3.05) is 0 Å². The van der Waals surface area contributed by atoms with E-state index in [0.717, 1.165) is 15.5 Å². The minimum atomic E-state index is 0.285. The quantitative estimate of drug-likeness (QED) is 0.691. The Bertz CT molecular complexity index is 394. The topological polar surface area (TPSA) is 36.0 Å². The van der Waals surface area contributed by atoms with Gasteiger partial charge in [-0.1, -0.05) is 12.1 Å². The van der Waals surface area contributed by atoms with E-state index >= 15 is 0 Å². The van der Waals surface area contributed by atoms with Gasteiger partial charge in [0.25, 0.3) is 0 Å². The number of halogens is 1. The first-order chi connectivity index (χ1) is 5.27. The number of hydrogen-bond acceptors (Lipinski definition) is 1. The number of hydrogen-bond donors (Lipinski definition) is 2. The number of aromatic nitrogens is 1. The number of para-hydroxylation sites is 1. The van der Waals surface area contributed by atoms with Crippen LogP contribution in [0.5, 0.6) is 5.75 Å². The second kappa shape index (κ2) is 2.27. The zero-order chi connectivity index (χ0) is 7.84. The lowest BCUT2D eigenvalue weighted by atomic mass is 10.2. The highest BCUT2D eigenvalue weighted by Gasteiger charge is 2.00. The highest BCUT2D eigenvalue weighted by atomic mass is 79.9. The number of H-pyrrole nitrogens is 1. The van der Waals surface area contributed by atoms with Crippen LogP contribution >= 0.6 is 15.9 Å². The standard InChI is InChI=1S/C8H6BrNO/c9-7-4-5-2-1-3-6(11)8(5)10-7/h1-4,10-11H. The zero-order valence-corrected chi connectivity index (χ0v) is 7.22. The third-order valence-electron chi connectivity index (χ3n) is 1.60. The predicted molar refractivity (Wildman–Crippen MR) is 47.7 cm³/mol. The van der Waals surface area contributed by atoms with Crippen LogP contribution in [-0.2, 0) is 0 Å². The molecular weight excluding hydrogens is 206 g/mol. The third kappa shape index (κ3) is 1.01. The maximum atomic E-state index is 9.33. The van der Waals surface area contributed by atoms with Gasteiger partial charge in [0.2, 0.25) is 0 Å². The van der Waals surface area contributed by atoms with Crippen LogP contribution in [0.25, 0.3) is 10.9 Å². The van der Waals surface area contributed by atoms with Crippen LogP contribution in [0.1, 0.15) is 0 Å². The van der Waals surface area contributed by atoms with E-state index in [1.165, 1.54) is 0 Å². The van der Waals surface area contributed by atoms with E-state index in [1.807, 2.05) is 18.2 Å². The van der Waals surface area contributed by atoms with Crippen molar-refractivity contribution in [3.8, 4) is 5.75 Å². The van der Waals surface area contributed by atoms with Crippen LogP contribution in [0.2, 0.25) is 0 Å². The Hall–Kier alpha value is -0.960. The molecule has 1 heterocycles. The molecule has 2 N–H and O–H groups in total. The Morgan fingerprint density at radius 1 is 1.36 bits per heavy atom. The molecule has 0 bridgehead atoms. The van der Waals surface area contributed by atoms with Crippen molar-refractivity contribution in [1.29, 1.82) is 0 Å². The fourth-order valence-corrected chi connectivity index (χ4v) is 1.55. The number of aromatic amines is 1. The minimum absolute atomic E-state index is 0.285. The van der Waals surface area contributed by atoms with Crippen LogP contribution in [0.3, 0.4) is 0 Å². The van der Waals surface area contributed by atoms with Crippen LogP contribution < -0.4 is 0 Å². The maximum Gasteiger partial charge on any atom is 0.139 e. The van der Waals surface area contributed by atoms with Crippen molar-refractivity contribution in [2.24, 2.45) is 0 Å². The van der Waals surface area contributed by atoms with E-state index in [2.05, 4.69) is 20.9 Å². The SMILES string of the molecule is Oc1cccc2cc(Br)[nH]c12. The summed E-state index contributed by atoms with van der Waals surface area (Å²) >= 11 is 3.29. The Morgan fingerprint density at radius 3 is 2.91 bits per heavy atom. The second-order valence-corrected chi connectivity index (χ2v) is 3.21. The molecule has 2 aromatic rings. The van der Waals surface area contributed by atoms with E-state index in [9.17, 15) is 5.11 Å². The predicted octanol–water partition coefficient (Wildman–Crippen LogP) is 2.64. The number of nitrogens with one attached hydrogen (secondary N) is 1. The Labute approximate surface area is 72.0 Å². The largest absolute Gasteiger partial charge is 0.506 e. The molecule has 2 nitrogen and oxygen atoms in total. The summed E-state index contributed by atoms with van der Waals surface area (Å²) in [5, 5.41) is 10.3. The molecule has 2 rings (SSSR count). The molecule has 0 aliphatic carbocycles. The second-order valence-electron chi connectivity index (χ2n) is 2.36. The van der Waals surface area contributed by atoms with Crippen LogP contribution in [0.4, 0.5) is 0 Å². The molecule has 0 fully saturated rings. The average molecular weight is 212 g/mol. The van der Waals surface area contributed by atoms with Crippen molar-refractivity contribution in [3.05, 3.63) is 28.9 Å². The first-order valence-corrected chi connectivity index (χ1v) is 4.03. The van der Waals surface area contributed by atoms with Crippen molar-refractivity contribution in [1.82, 2.24) is 4.98 Å². The molecule has 3 heteroatoms. The van der Waals surface area contributed by atoms with Crippen LogP contribution in [0.15, 0.2) is 28.9 Å². The lowest BCUT2D eigenvalue weighted by molar-refractivity contribution is 0.480. The summed E-state index contributed by atoms with van der Waals surface area (Å²) in [7, 11) is 0. The van der Waals surface area contributed by atoms with Gasteiger partial charge >= 0.3 is 0 Å². The molecule has 0 aliphatic rings.